The Morgan fingerprint density at radius 3 is 2.85 bits per heavy atom. The first-order valence-corrected chi connectivity index (χ1v) is 4.81. The highest BCUT2D eigenvalue weighted by Crippen LogP contribution is 2.27. The second-order valence-corrected chi connectivity index (χ2v) is 3.63. The van der Waals surface area contributed by atoms with Crippen molar-refractivity contribution < 1.29 is 4.39 Å². The summed E-state index contributed by atoms with van der Waals surface area (Å²) in [4.78, 5) is 5.16. The summed E-state index contributed by atoms with van der Waals surface area (Å²) in [7, 11) is 0. The Morgan fingerprint density at radius 1 is 1.38 bits per heavy atom. The lowest BCUT2D eigenvalue weighted by atomic mass is 10.1. The molecule has 1 aromatic carbocycles. The summed E-state index contributed by atoms with van der Waals surface area (Å²) in [5, 5.41) is 0. The molecule has 0 N–H and O–H groups in total. The Kier molecular flexibility index (Phi) is 2.10. The molecule has 0 unspecified atom stereocenters. The van der Waals surface area contributed by atoms with Crippen molar-refractivity contribution in [3.63, 3.8) is 0 Å². The van der Waals surface area contributed by atoms with E-state index in [9.17, 15) is 4.39 Å². The van der Waals surface area contributed by atoms with E-state index in [4.69, 9.17) is 0 Å². The van der Waals surface area contributed by atoms with Crippen LogP contribution in [0.3, 0.4) is 0 Å². The molecular weight excluding hydrogens is 185 g/mol. The number of halogens is 1. The van der Waals surface area contributed by atoms with Crippen LogP contribution in [0.25, 0.3) is 10.4 Å². The molecule has 1 heterocycles. The molecule has 2 rings (SSSR count). The van der Waals surface area contributed by atoms with Crippen molar-refractivity contribution in [3.8, 4) is 10.4 Å². The van der Waals surface area contributed by atoms with E-state index in [1.165, 1.54) is 23.5 Å². The molecule has 0 fully saturated rings. The fourth-order valence-electron chi connectivity index (χ4n) is 1.21. The van der Waals surface area contributed by atoms with Crippen LogP contribution in [0.2, 0.25) is 0 Å². The normalized spacial score (nSPS) is 10.3. The SMILES string of the molecule is Cc1ncsc1-c1cccc(F)c1. The zero-order valence-corrected chi connectivity index (χ0v) is 7.94. The lowest BCUT2D eigenvalue weighted by Gasteiger charge is -1.97. The van der Waals surface area contributed by atoms with Crippen LogP contribution in [-0.2, 0) is 0 Å². The summed E-state index contributed by atoms with van der Waals surface area (Å²) in [5.74, 6) is -0.203. The summed E-state index contributed by atoms with van der Waals surface area (Å²) in [6.07, 6.45) is 0. The topological polar surface area (TPSA) is 12.9 Å². The van der Waals surface area contributed by atoms with Crippen molar-refractivity contribution in [2.45, 2.75) is 6.92 Å². The fraction of sp³-hybridized carbons (Fsp3) is 0.100. The van der Waals surface area contributed by atoms with E-state index < -0.39 is 0 Å². The third-order valence-electron chi connectivity index (χ3n) is 1.83. The molecule has 1 aromatic heterocycles. The second-order valence-electron chi connectivity index (χ2n) is 2.78. The van der Waals surface area contributed by atoms with E-state index in [0.717, 1.165) is 16.1 Å². The number of rotatable bonds is 1. The van der Waals surface area contributed by atoms with E-state index in [0.29, 0.717) is 0 Å². The minimum absolute atomic E-state index is 0.203. The molecule has 0 aliphatic carbocycles. The number of aryl methyl sites for hydroxylation is 1. The molecule has 0 saturated heterocycles. The molecule has 3 heteroatoms. The van der Waals surface area contributed by atoms with E-state index in [1.807, 2.05) is 13.0 Å². The van der Waals surface area contributed by atoms with Gasteiger partial charge in [-0.25, -0.2) is 9.37 Å². The summed E-state index contributed by atoms with van der Waals surface area (Å²) in [6, 6.07) is 6.58. The predicted octanol–water partition coefficient (Wildman–Crippen LogP) is 3.26. The Labute approximate surface area is 79.9 Å². The molecule has 0 aliphatic heterocycles. The number of aromatic nitrogens is 1. The summed E-state index contributed by atoms with van der Waals surface area (Å²) in [5.41, 5.74) is 3.63. The summed E-state index contributed by atoms with van der Waals surface area (Å²) >= 11 is 1.53. The van der Waals surface area contributed by atoms with Gasteiger partial charge in [-0.2, -0.15) is 0 Å². The van der Waals surface area contributed by atoms with Crippen molar-refractivity contribution in [1.29, 1.82) is 0 Å². The average Bonchev–Trinajstić information content (AvgIpc) is 2.51. The first-order chi connectivity index (χ1) is 6.27. The summed E-state index contributed by atoms with van der Waals surface area (Å²) in [6.45, 7) is 1.93. The average molecular weight is 193 g/mol. The van der Waals surface area contributed by atoms with Crippen molar-refractivity contribution in [2.75, 3.05) is 0 Å². The quantitative estimate of drug-likeness (QED) is 0.677. The van der Waals surface area contributed by atoms with Gasteiger partial charge in [-0.15, -0.1) is 11.3 Å². The standard InChI is InChI=1S/C10H8FNS/c1-7-10(13-6-12-7)8-3-2-4-9(11)5-8/h2-6H,1H3. The van der Waals surface area contributed by atoms with Crippen molar-refractivity contribution in [3.05, 3.63) is 41.3 Å². The second kappa shape index (κ2) is 3.26. The monoisotopic (exact) mass is 193 g/mol. The predicted molar refractivity (Wildman–Crippen MR) is 52.2 cm³/mol. The van der Waals surface area contributed by atoms with Gasteiger partial charge in [0.1, 0.15) is 5.82 Å². The van der Waals surface area contributed by atoms with Crippen LogP contribution in [0.4, 0.5) is 4.39 Å². The molecule has 0 amide bonds. The number of benzene rings is 1. The molecule has 66 valence electrons. The van der Waals surface area contributed by atoms with E-state index >= 15 is 0 Å². The van der Waals surface area contributed by atoms with Crippen LogP contribution in [0.5, 0.6) is 0 Å². The molecule has 13 heavy (non-hydrogen) atoms. The van der Waals surface area contributed by atoms with E-state index in [-0.39, 0.29) is 5.82 Å². The zero-order valence-electron chi connectivity index (χ0n) is 7.12. The molecule has 0 aliphatic rings. The third kappa shape index (κ3) is 1.60. The van der Waals surface area contributed by atoms with Crippen LogP contribution in [0.1, 0.15) is 5.69 Å². The highest BCUT2D eigenvalue weighted by atomic mass is 32.1. The first kappa shape index (κ1) is 8.38. The molecule has 0 saturated carbocycles. The largest absolute Gasteiger partial charge is 0.249 e. The molecule has 0 bridgehead atoms. The number of hydrogen-bond acceptors (Lipinski definition) is 2. The van der Waals surface area contributed by atoms with Gasteiger partial charge in [0.2, 0.25) is 0 Å². The Morgan fingerprint density at radius 2 is 2.23 bits per heavy atom. The third-order valence-corrected chi connectivity index (χ3v) is 2.81. The Hall–Kier alpha value is -1.22. The van der Waals surface area contributed by atoms with Crippen molar-refractivity contribution in [2.24, 2.45) is 0 Å². The molecule has 0 atom stereocenters. The Bertz CT molecular complexity index is 422. The molecule has 0 radical (unpaired) electrons. The van der Waals surface area contributed by atoms with E-state index in [1.54, 1.807) is 11.6 Å². The highest BCUT2D eigenvalue weighted by Gasteiger charge is 2.04. The maximum atomic E-state index is 12.9. The molecule has 2 aromatic rings. The van der Waals surface area contributed by atoms with Gasteiger partial charge >= 0.3 is 0 Å². The number of hydrogen-bond donors (Lipinski definition) is 0. The van der Waals surface area contributed by atoms with Crippen LogP contribution >= 0.6 is 11.3 Å². The highest BCUT2D eigenvalue weighted by molar-refractivity contribution is 7.13. The van der Waals surface area contributed by atoms with E-state index in [2.05, 4.69) is 4.98 Å². The molecule has 1 nitrogen and oxygen atoms in total. The van der Waals surface area contributed by atoms with Gasteiger partial charge in [-0.05, 0) is 24.6 Å². The van der Waals surface area contributed by atoms with Crippen molar-refractivity contribution >= 4 is 11.3 Å². The maximum absolute atomic E-state index is 12.9. The minimum atomic E-state index is -0.203. The lowest BCUT2D eigenvalue weighted by molar-refractivity contribution is 0.628. The summed E-state index contributed by atoms with van der Waals surface area (Å²) < 4.78 is 12.9. The van der Waals surface area contributed by atoms with Crippen LogP contribution in [0.15, 0.2) is 29.8 Å². The van der Waals surface area contributed by atoms with Gasteiger partial charge in [0.05, 0.1) is 16.1 Å². The van der Waals surface area contributed by atoms with Crippen molar-refractivity contribution in [1.82, 2.24) is 4.98 Å². The molecule has 0 spiro atoms. The van der Waals surface area contributed by atoms with Gasteiger partial charge in [0.25, 0.3) is 0 Å². The molecular formula is C10H8FNS. The number of nitrogens with zero attached hydrogens (tertiary/aromatic N) is 1. The Balaban J connectivity index is 2.53. The van der Waals surface area contributed by atoms with Crippen LogP contribution in [-0.4, -0.2) is 4.98 Å². The fourth-order valence-corrected chi connectivity index (χ4v) is 2.01. The van der Waals surface area contributed by atoms with Gasteiger partial charge < -0.3 is 0 Å². The van der Waals surface area contributed by atoms with Crippen LogP contribution < -0.4 is 0 Å². The lowest BCUT2D eigenvalue weighted by Crippen LogP contribution is -1.79. The van der Waals surface area contributed by atoms with Gasteiger partial charge in [0, 0.05) is 0 Å². The van der Waals surface area contributed by atoms with Gasteiger partial charge in [0.15, 0.2) is 0 Å². The minimum Gasteiger partial charge on any atom is -0.249 e. The first-order valence-electron chi connectivity index (χ1n) is 3.93. The smallest absolute Gasteiger partial charge is 0.123 e. The van der Waals surface area contributed by atoms with Crippen LogP contribution in [0, 0.1) is 12.7 Å². The maximum Gasteiger partial charge on any atom is 0.123 e. The van der Waals surface area contributed by atoms with Gasteiger partial charge in [-0.1, -0.05) is 12.1 Å². The van der Waals surface area contributed by atoms with Gasteiger partial charge in [-0.3, -0.25) is 0 Å². The zero-order chi connectivity index (χ0) is 9.26. The number of thiazole rings is 1.